The van der Waals surface area contributed by atoms with Crippen LogP contribution in [0.1, 0.15) is 77.0 Å². The summed E-state index contributed by atoms with van der Waals surface area (Å²) >= 11 is 1.57. The minimum Gasteiger partial charge on any atom is -0.444 e. The molecule has 1 saturated carbocycles. The van der Waals surface area contributed by atoms with E-state index < -0.39 is 29.3 Å². The van der Waals surface area contributed by atoms with Gasteiger partial charge in [-0.05, 0) is 70.7 Å². The first-order valence-electron chi connectivity index (χ1n) is 13.7. The van der Waals surface area contributed by atoms with E-state index in [4.69, 9.17) is 4.74 Å². The molecule has 1 aromatic heterocycles. The first kappa shape index (κ1) is 28.1. The maximum absolute atomic E-state index is 13.6. The van der Waals surface area contributed by atoms with Crippen molar-refractivity contribution < 1.29 is 23.9 Å². The van der Waals surface area contributed by atoms with Gasteiger partial charge in [0.25, 0.3) is 0 Å². The lowest BCUT2D eigenvalue weighted by molar-refractivity contribution is -0.141. The number of hydrogen-bond donors (Lipinski definition) is 3. The first-order chi connectivity index (χ1) is 18.1. The second-order valence-corrected chi connectivity index (χ2v) is 12.5. The van der Waals surface area contributed by atoms with Crippen LogP contribution in [0.15, 0.2) is 29.7 Å². The zero-order chi connectivity index (χ0) is 27.3. The van der Waals surface area contributed by atoms with E-state index in [9.17, 15) is 19.2 Å². The van der Waals surface area contributed by atoms with E-state index in [-0.39, 0.29) is 23.6 Å². The van der Waals surface area contributed by atoms with Gasteiger partial charge in [0, 0.05) is 17.3 Å². The van der Waals surface area contributed by atoms with Crippen molar-refractivity contribution in [2.45, 2.75) is 102 Å². The van der Waals surface area contributed by atoms with Gasteiger partial charge in [-0.2, -0.15) is 0 Å². The maximum Gasteiger partial charge on any atom is 0.408 e. The fraction of sp³-hybridized carbons (Fsp3) is 0.643. The zero-order valence-corrected chi connectivity index (χ0v) is 23.4. The highest BCUT2D eigenvalue weighted by Crippen LogP contribution is 2.45. The van der Waals surface area contributed by atoms with E-state index in [1.807, 2.05) is 17.5 Å². The van der Waals surface area contributed by atoms with Gasteiger partial charge in [0.15, 0.2) is 0 Å². The van der Waals surface area contributed by atoms with Crippen LogP contribution in [0.3, 0.4) is 0 Å². The molecular weight excluding hydrogens is 504 g/mol. The van der Waals surface area contributed by atoms with Crippen molar-refractivity contribution in [2.75, 3.05) is 6.54 Å². The smallest absolute Gasteiger partial charge is 0.408 e. The molecule has 1 aromatic rings. The summed E-state index contributed by atoms with van der Waals surface area (Å²) in [6.45, 7) is 6.17. The summed E-state index contributed by atoms with van der Waals surface area (Å²) in [6, 6.07) is 2.46. The van der Waals surface area contributed by atoms with Gasteiger partial charge < -0.3 is 25.6 Å². The van der Waals surface area contributed by atoms with Crippen LogP contribution in [-0.4, -0.2) is 58.5 Å². The van der Waals surface area contributed by atoms with Gasteiger partial charge in [-0.15, -0.1) is 11.3 Å². The van der Waals surface area contributed by atoms with Crippen LogP contribution in [0.4, 0.5) is 4.79 Å². The summed E-state index contributed by atoms with van der Waals surface area (Å²) in [5.74, 6) is -0.862. The van der Waals surface area contributed by atoms with Crippen molar-refractivity contribution in [3.8, 4) is 0 Å². The predicted octanol–water partition coefficient (Wildman–Crippen LogP) is 3.64. The van der Waals surface area contributed by atoms with Crippen molar-refractivity contribution in [1.29, 1.82) is 0 Å². The highest BCUT2D eigenvalue weighted by molar-refractivity contribution is 7.09. The third kappa shape index (κ3) is 6.95. The Labute approximate surface area is 228 Å². The Balaban J connectivity index is 1.51. The first-order valence-corrected chi connectivity index (χ1v) is 14.6. The van der Waals surface area contributed by atoms with Gasteiger partial charge in [-0.1, -0.05) is 31.1 Å². The number of ether oxygens (including phenoxy) is 1. The summed E-state index contributed by atoms with van der Waals surface area (Å²) < 4.78 is 5.40. The molecule has 0 aromatic carbocycles. The van der Waals surface area contributed by atoms with Gasteiger partial charge >= 0.3 is 6.09 Å². The molecule has 1 saturated heterocycles. The largest absolute Gasteiger partial charge is 0.444 e. The molecule has 4 atom stereocenters. The van der Waals surface area contributed by atoms with E-state index >= 15 is 0 Å². The predicted molar refractivity (Wildman–Crippen MR) is 145 cm³/mol. The average Bonchev–Trinajstić information content (AvgIpc) is 3.22. The van der Waals surface area contributed by atoms with Crippen molar-refractivity contribution in [1.82, 2.24) is 20.9 Å². The second-order valence-electron chi connectivity index (χ2n) is 11.5. The minimum absolute atomic E-state index is 0.0768. The number of nitrogens with zero attached hydrogens (tertiary/aromatic N) is 1. The zero-order valence-electron chi connectivity index (χ0n) is 22.6. The third-order valence-electron chi connectivity index (χ3n) is 7.33. The van der Waals surface area contributed by atoms with Gasteiger partial charge in [-0.3, -0.25) is 14.4 Å². The molecule has 1 aliphatic carbocycles. The lowest BCUT2D eigenvalue weighted by atomic mass is 10.0. The summed E-state index contributed by atoms with van der Waals surface area (Å²) in [4.78, 5) is 55.7. The van der Waals surface area contributed by atoms with Crippen LogP contribution in [0.5, 0.6) is 0 Å². The van der Waals surface area contributed by atoms with E-state index in [0.29, 0.717) is 38.8 Å². The Morgan fingerprint density at radius 2 is 2.00 bits per heavy atom. The van der Waals surface area contributed by atoms with Crippen LogP contribution in [0, 0.1) is 5.92 Å². The Bertz CT molecular complexity index is 1050. The number of fused-ring (bicyclic) bond motifs is 2. The van der Waals surface area contributed by atoms with Crippen LogP contribution in [-0.2, 0) is 25.7 Å². The molecule has 0 radical (unpaired) electrons. The highest BCUT2D eigenvalue weighted by Gasteiger charge is 2.60. The molecule has 4 amide bonds. The number of allylic oxidation sites excluding steroid dienone is 1. The molecule has 10 heteroatoms. The minimum atomic E-state index is -1.00. The molecule has 38 heavy (non-hydrogen) atoms. The number of carbonyl (C=O) groups excluding carboxylic acids is 4. The summed E-state index contributed by atoms with van der Waals surface area (Å²) in [6.07, 6.45) is 9.18. The second kappa shape index (κ2) is 11.9. The van der Waals surface area contributed by atoms with Crippen LogP contribution in [0.25, 0.3) is 0 Å². The van der Waals surface area contributed by atoms with Crippen molar-refractivity contribution in [3.63, 3.8) is 0 Å². The van der Waals surface area contributed by atoms with Gasteiger partial charge in [0.1, 0.15) is 23.2 Å². The molecule has 3 aliphatic rings. The Morgan fingerprint density at radius 1 is 1.18 bits per heavy atom. The van der Waals surface area contributed by atoms with Gasteiger partial charge in [-0.25, -0.2) is 4.79 Å². The van der Waals surface area contributed by atoms with E-state index in [2.05, 4.69) is 28.1 Å². The fourth-order valence-electron chi connectivity index (χ4n) is 5.28. The molecule has 208 valence electrons. The third-order valence-corrected chi connectivity index (χ3v) is 8.21. The van der Waals surface area contributed by atoms with E-state index in [0.717, 1.165) is 30.6 Å². The van der Waals surface area contributed by atoms with Gasteiger partial charge in [0.2, 0.25) is 17.7 Å². The number of thiophene rings is 1. The number of amides is 4. The Morgan fingerprint density at radius 3 is 2.74 bits per heavy atom. The highest BCUT2D eigenvalue weighted by atomic mass is 32.1. The quantitative estimate of drug-likeness (QED) is 0.501. The van der Waals surface area contributed by atoms with Gasteiger partial charge in [0.05, 0.1) is 6.54 Å². The Hall–Kier alpha value is -2.88. The number of hydrogen-bond acceptors (Lipinski definition) is 6. The molecule has 0 spiro atoms. The lowest BCUT2D eigenvalue weighted by Gasteiger charge is -2.30. The van der Waals surface area contributed by atoms with Crippen molar-refractivity contribution >= 4 is 35.2 Å². The van der Waals surface area contributed by atoms with E-state index in [1.54, 1.807) is 37.0 Å². The molecule has 2 fully saturated rings. The molecule has 0 bridgehead atoms. The molecule has 3 N–H and O–H groups in total. The number of alkyl carbamates (subject to hydrolysis) is 1. The fourth-order valence-corrected chi connectivity index (χ4v) is 5.93. The van der Waals surface area contributed by atoms with Crippen molar-refractivity contribution in [3.05, 3.63) is 34.5 Å². The van der Waals surface area contributed by atoms with Crippen molar-refractivity contribution in [2.24, 2.45) is 5.92 Å². The molecule has 0 unspecified atom stereocenters. The Kier molecular flexibility index (Phi) is 8.80. The van der Waals surface area contributed by atoms with Crippen LogP contribution < -0.4 is 16.0 Å². The van der Waals surface area contributed by atoms with Crippen LogP contribution in [0.2, 0.25) is 0 Å². The molecule has 9 nitrogen and oxygen atoms in total. The average molecular weight is 545 g/mol. The van der Waals surface area contributed by atoms with Crippen LogP contribution >= 0.6 is 11.3 Å². The topological polar surface area (TPSA) is 117 Å². The molecule has 2 aliphatic heterocycles. The summed E-state index contributed by atoms with van der Waals surface area (Å²) in [5, 5.41) is 10.8. The number of nitrogens with one attached hydrogen (secondary N) is 3. The number of carbonyl (C=O) groups is 4. The monoisotopic (exact) mass is 544 g/mol. The maximum atomic E-state index is 13.6. The normalized spacial score (nSPS) is 29.1. The lowest BCUT2D eigenvalue weighted by Crippen LogP contribution is -2.57. The number of rotatable bonds is 4. The standard InChI is InChI=1S/C28H40N4O5S/c1-27(2,3)37-26(36)30-21-13-8-6-4-5-7-11-19-17-28(19,25(35)29-18-20-12-10-16-38-20)31-23(33)22-14-9-15-32(22)24(21)34/h7,10-12,16,19,21-22H,4-6,8-9,13-15,17-18H2,1-3H3,(H,29,35)(H,30,36)(H,31,33)/b11-7-/t19-,21+,22+,28-/m1/s1. The molecule has 3 heterocycles. The SMILES string of the molecule is CC(C)(C)OC(=O)N[C@H]1CCCCC/C=C\[C@@H]2C[C@@]2(C(=O)NCc2cccs2)NC(=O)[C@@H]2CCCN2C1=O. The van der Waals surface area contributed by atoms with E-state index in [1.165, 1.54) is 0 Å². The molecular formula is C28H40N4O5S. The molecule has 4 rings (SSSR count). The summed E-state index contributed by atoms with van der Waals surface area (Å²) in [5.41, 5.74) is -1.69. The summed E-state index contributed by atoms with van der Waals surface area (Å²) in [7, 11) is 0.